The van der Waals surface area contributed by atoms with Crippen molar-refractivity contribution in [2.75, 3.05) is 0 Å². The Labute approximate surface area is 84.4 Å². The number of benzene rings is 1. The fourth-order valence-electron chi connectivity index (χ4n) is 1.41. The van der Waals surface area contributed by atoms with Gasteiger partial charge in [-0.05, 0) is 18.6 Å². The van der Waals surface area contributed by atoms with Crippen molar-refractivity contribution < 1.29 is 6.17 Å². The number of rotatable bonds is 1. The third kappa shape index (κ3) is 1.33. The summed E-state index contributed by atoms with van der Waals surface area (Å²) in [6, 6.07) is 1.90. The summed E-state index contributed by atoms with van der Waals surface area (Å²) in [7, 11) is 5.65. The number of carbonyl (C=O) groups excluding carboxylic acids is 1. The lowest BCUT2D eigenvalue weighted by molar-refractivity contribution is 0.100. The molecule has 3 nitrogen and oxygen atoms in total. The fraction of sp³-hybridized carbons (Fsp3) is 0.200. The molecule has 1 heterocycles. The van der Waals surface area contributed by atoms with Crippen LogP contribution >= 0.6 is 0 Å². The van der Waals surface area contributed by atoms with Crippen LogP contribution in [0.2, 0.25) is 0 Å². The molecule has 2 rings (SSSR count). The van der Waals surface area contributed by atoms with Gasteiger partial charge in [0.2, 0.25) is 0 Å². The highest BCUT2D eigenvalue weighted by atomic mass is 16.1. The highest BCUT2D eigenvalue weighted by Crippen LogP contribution is 2.14. The molecule has 0 aliphatic rings. The molecule has 0 atom stereocenters. The number of nitrogens with zero attached hydrogens (tertiary/aromatic N) is 1. The van der Waals surface area contributed by atoms with E-state index in [1.807, 2.05) is 0 Å². The van der Waals surface area contributed by atoms with Crippen LogP contribution in [0.25, 0.3) is 11.0 Å². The number of imidazole rings is 1. The molecule has 0 amide bonds. The standard InChI is InChI=1S/C10H9BN2O/c1-5-3-7(11)4-8-9(5)13-10(12-8)6(2)14/h3-4H,1-2H3,(H,12,13)/i3D. The number of hydrogen-bond donors (Lipinski definition) is 1. The summed E-state index contributed by atoms with van der Waals surface area (Å²) in [5.74, 6) is 0.175. The highest BCUT2D eigenvalue weighted by molar-refractivity contribution is 6.33. The van der Waals surface area contributed by atoms with Gasteiger partial charge in [0.15, 0.2) is 11.6 Å². The van der Waals surface area contributed by atoms with Crippen LogP contribution < -0.4 is 5.46 Å². The molecule has 0 saturated carbocycles. The summed E-state index contributed by atoms with van der Waals surface area (Å²) in [5, 5.41) is 0. The van der Waals surface area contributed by atoms with E-state index in [9.17, 15) is 4.79 Å². The SMILES string of the molecule is [2H]c1c([B])cc2[nH]c(C(C)=O)nc2c1C. The van der Waals surface area contributed by atoms with Gasteiger partial charge in [-0.3, -0.25) is 4.79 Å². The van der Waals surface area contributed by atoms with Gasteiger partial charge in [0, 0.05) is 6.92 Å². The minimum atomic E-state index is -0.129. The fourth-order valence-corrected chi connectivity index (χ4v) is 1.41. The monoisotopic (exact) mass is 185 g/mol. The highest BCUT2D eigenvalue weighted by Gasteiger charge is 2.08. The third-order valence-electron chi connectivity index (χ3n) is 2.05. The Balaban J connectivity index is 2.82. The number of fused-ring (bicyclic) bond motifs is 1. The van der Waals surface area contributed by atoms with E-state index in [0.29, 0.717) is 27.9 Å². The second-order valence-corrected chi connectivity index (χ2v) is 3.25. The largest absolute Gasteiger partial charge is 0.335 e. The van der Waals surface area contributed by atoms with Crippen molar-refractivity contribution in [3.63, 3.8) is 0 Å². The van der Waals surface area contributed by atoms with Gasteiger partial charge in [-0.1, -0.05) is 11.5 Å². The van der Waals surface area contributed by atoms with Crippen molar-refractivity contribution in [1.82, 2.24) is 9.97 Å². The second kappa shape index (κ2) is 2.98. The Hall–Kier alpha value is -1.58. The van der Waals surface area contributed by atoms with E-state index in [4.69, 9.17) is 9.22 Å². The van der Waals surface area contributed by atoms with Crippen LogP contribution in [0.15, 0.2) is 12.1 Å². The number of nitrogens with one attached hydrogen (secondary N) is 1. The molecule has 68 valence electrons. The van der Waals surface area contributed by atoms with E-state index in [1.165, 1.54) is 6.92 Å². The summed E-state index contributed by atoms with van der Waals surface area (Å²) >= 11 is 0. The zero-order valence-electron chi connectivity index (χ0n) is 9.01. The van der Waals surface area contributed by atoms with E-state index in [-0.39, 0.29) is 11.8 Å². The first-order valence-electron chi connectivity index (χ1n) is 4.77. The molecule has 0 saturated heterocycles. The number of aromatic amines is 1. The molecule has 0 aliphatic heterocycles. The number of aromatic nitrogens is 2. The summed E-state index contributed by atoms with van der Waals surface area (Å²) in [5.41, 5.74) is 2.41. The average Bonchev–Trinajstić information content (AvgIpc) is 2.58. The Morgan fingerprint density at radius 2 is 2.43 bits per heavy atom. The predicted octanol–water partition coefficient (Wildman–Crippen LogP) is 0.868. The number of hydrogen-bond acceptors (Lipinski definition) is 2. The maximum atomic E-state index is 11.1. The molecule has 0 aliphatic carbocycles. The molecule has 0 bridgehead atoms. The molecule has 0 unspecified atom stereocenters. The normalized spacial score (nSPS) is 11.7. The van der Waals surface area contributed by atoms with Gasteiger partial charge in [0.05, 0.1) is 12.4 Å². The summed E-state index contributed by atoms with van der Waals surface area (Å²) in [4.78, 5) is 18.1. The van der Waals surface area contributed by atoms with E-state index >= 15 is 0 Å². The van der Waals surface area contributed by atoms with E-state index in [0.717, 1.165) is 0 Å². The Kier molecular flexibility index (Phi) is 1.66. The van der Waals surface area contributed by atoms with Crippen LogP contribution in [0, 0.1) is 6.92 Å². The van der Waals surface area contributed by atoms with Crippen molar-refractivity contribution >= 4 is 30.1 Å². The van der Waals surface area contributed by atoms with Gasteiger partial charge in [-0.2, -0.15) is 0 Å². The van der Waals surface area contributed by atoms with Crippen molar-refractivity contribution in [2.45, 2.75) is 13.8 Å². The number of aryl methyl sites for hydroxylation is 1. The minimum absolute atomic E-state index is 0.129. The van der Waals surface area contributed by atoms with Crippen molar-refractivity contribution in [2.24, 2.45) is 0 Å². The lowest BCUT2D eigenvalue weighted by Crippen LogP contribution is -2.01. The van der Waals surface area contributed by atoms with Crippen molar-refractivity contribution in [1.29, 1.82) is 0 Å². The lowest BCUT2D eigenvalue weighted by atomic mass is 9.94. The quantitative estimate of drug-likeness (QED) is 0.529. The van der Waals surface area contributed by atoms with Gasteiger partial charge in [0.25, 0.3) is 0 Å². The first-order chi connectivity index (χ1) is 7.00. The number of H-pyrrole nitrogens is 1. The Morgan fingerprint density at radius 1 is 1.71 bits per heavy atom. The molecule has 2 radical (unpaired) electrons. The molecular weight excluding hydrogens is 175 g/mol. The Bertz CT molecular complexity index is 562. The topological polar surface area (TPSA) is 45.8 Å². The molecule has 4 heteroatoms. The predicted molar refractivity (Wildman–Crippen MR) is 56.2 cm³/mol. The van der Waals surface area contributed by atoms with Crippen LogP contribution in [-0.4, -0.2) is 23.6 Å². The third-order valence-corrected chi connectivity index (χ3v) is 2.05. The number of Topliss-reactive ketones (excluding diaryl/α,β-unsaturated/α-hetero) is 1. The average molecular weight is 185 g/mol. The van der Waals surface area contributed by atoms with Crippen LogP contribution in [0.4, 0.5) is 0 Å². The lowest BCUT2D eigenvalue weighted by Gasteiger charge is -1.96. The van der Waals surface area contributed by atoms with Gasteiger partial charge >= 0.3 is 0 Å². The van der Waals surface area contributed by atoms with E-state index < -0.39 is 0 Å². The van der Waals surface area contributed by atoms with Crippen molar-refractivity contribution in [3.05, 3.63) is 23.5 Å². The molecular formula is C10H9BN2O. The van der Waals surface area contributed by atoms with Crippen LogP contribution in [0.1, 0.15) is 24.5 Å². The molecule has 2 aromatic rings. The second-order valence-electron chi connectivity index (χ2n) is 3.25. The number of carbonyl (C=O) groups is 1. The van der Waals surface area contributed by atoms with Gasteiger partial charge < -0.3 is 4.98 Å². The maximum absolute atomic E-state index is 11.1. The molecule has 1 N–H and O–H groups in total. The number of ketones is 1. The van der Waals surface area contributed by atoms with Crippen LogP contribution in [0.3, 0.4) is 0 Å². The summed E-state index contributed by atoms with van der Waals surface area (Å²) in [6.07, 6.45) is 0. The van der Waals surface area contributed by atoms with Crippen molar-refractivity contribution in [3.8, 4) is 0 Å². The molecule has 0 fully saturated rings. The van der Waals surface area contributed by atoms with Gasteiger partial charge in [-0.15, -0.1) is 0 Å². The molecule has 1 aromatic heterocycles. The molecule has 14 heavy (non-hydrogen) atoms. The van der Waals surface area contributed by atoms with Crippen LogP contribution in [-0.2, 0) is 0 Å². The van der Waals surface area contributed by atoms with E-state index in [1.54, 1.807) is 13.0 Å². The van der Waals surface area contributed by atoms with Gasteiger partial charge in [-0.25, -0.2) is 4.98 Å². The first kappa shape index (κ1) is 7.79. The van der Waals surface area contributed by atoms with Gasteiger partial charge in [0.1, 0.15) is 7.85 Å². The van der Waals surface area contributed by atoms with E-state index in [2.05, 4.69) is 9.97 Å². The first-order valence-corrected chi connectivity index (χ1v) is 4.27. The Morgan fingerprint density at radius 3 is 3.07 bits per heavy atom. The zero-order valence-corrected chi connectivity index (χ0v) is 8.01. The molecule has 1 aromatic carbocycles. The minimum Gasteiger partial charge on any atom is -0.335 e. The van der Waals surface area contributed by atoms with Crippen LogP contribution in [0.5, 0.6) is 0 Å². The molecule has 0 spiro atoms. The summed E-state index contributed by atoms with van der Waals surface area (Å²) < 4.78 is 7.68. The smallest absolute Gasteiger partial charge is 0.195 e. The zero-order chi connectivity index (χ0) is 11.2. The maximum Gasteiger partial charge on any atom is 0.195 e. The summed E-state index contributed by atoms with van der Waals surface area (Å²) in [6.45, 7) is 3.21.